The van der Waals surface area contributed by atoms with E-state index in [4.69, 9.17) is 14.1 Å². The molecule has 4 aromatic carbocycles. The van der Waals surface area contributed by atoms with Gasteiger partial charge in [-0.3, -0.25) is 0 Å². The zero-order valence-electron chi connectivity index (χ0n) is 22.2. The van der Waals surface area contributed by atoms with Gasteiger partial charge in [0.2, 0.25) is 0 Å². The number of pyridine rings is 1. The van der Waals surface area contributed by atoms with E-state index in [1.165, 1.54) is 5.56 Å². The number of hydrogen-bond acceptors (Lipinski definition) is 5. The number of aryl methyl sites for hydroxylation is 1. The van der Waals surface area contributed by atoms with Gasteiger partial charge >= 0.3 is 0 Å². The van der Waals surface area contributed by atoms with E-state index in [9.17, 15) is 0 Å². The number of rotatable bonds is 4. The summed E-state index contributed by atoms with van der Waals surface area (Å²) in [6, 6.07) is 33.3. The van der Waals surface area contributed by atoms with Gasteiger partial charge in [0.1, 0.15) is 17.0 Å². The third kappa shape index (κ3) is 4.27. The molecule has 0 atom stereocenters. The van der Waals surface area contributed by atoms with Gasteiger partial charge in [-0.05, 0) is 50.0 Å². The third-order valence-corrected chi connectivity index (χ3v) is 7.30. The molecule has 0 spiro atoms. The average molecular weight is 715 g/mol. The van der Waals surface area contributed by atoms with Gasteiger partial charge in [0, 0.05) is 61.1 Å². The summed E-state index contributed by atoms with van der Waals surface area (Å²) in [6.45, 7) is 4.07. The molecule has 0 radical (unpaired) electrons. The molecule has 1 aliphatic rings. The molecule has 0 aliphatic carbocycles. The second-order valence-corrected chi connectivity index (χ2v) is 10.1. The number of ether oxygens (including phenoxy) is 1. The Balaban J connectivity index is 0.00000276. The number of anilines is 1. The summed E-state index contributed by atoms with van der Waals surface area (Å²) >= 11 is 0. The van der Waals surface area contributed by atoms with Crippen molar-refractivity contribution in [2.24, 2.45) is 0 Å². The molecule has 0 amide bonds. The summed E-state index contributed by atoms with van der Waals surface area (Å²) in [4.78, 5) is 8.88. The molecule has 7 heteroatoms. The Morgan fingerprint density at radius 3 is 2.56 bits per heavy atom. The van der Waals surface area contributed by atoms with E-state index in [-0.39, 0.29) is 21.1 Å². The number of hydrogen-bond donors (Lipinski definition) is 0. The van der Waals surface area contributed by atoms with Gasteiger partial charge in [-0.2, -0.15) is 18.8 Å². The summed E-state index contributed by atoms with van der Waals surface area (Å²) < 4.78 is 14.6. The van der Waals surface area contributed by atoms with Crippen molar-refractivity contribution >= 4 is 49.4 Å². The largest absolute Gasteiger partial charge is 0.510 e. The minimum Gasteiger partial charge on any atom is -0.510 e. The van der Waals surface area contributed by atoms with Crippen LogP contribution in [0.1, 0.15) is 5.56 Å². The molecule has 1 aliphatic heterocycles. The Labute approximate surface area is 251 Å². The maximum atomic E-state index is 6.28. The molecule has 0 saturated heterocycles. The molecule has 8 rings (SSSR count). The van der Waals surface area contributed by atoms with E-state index >= 15 is 0 Å². The van der Waals surface area contributed by atoms with Gasteiger partial charge in [0.15, 0.2) is 0 Å². The molecule has 0 N–H and O–H groups in total. The average Bonchev–Trinajstić information content (AvgIpc) is 3.66. The van der Waals surface area contributed by atoms with E-state index in [1.807, 2.05) is 84.6 Å². The molecule has 0 unspecified atom stereocenters. The van der Waals surface area contributed by atoms with Crippen LogP contribution in [0.4, 0.5) is 5.69 Å². The summed E-state index contributed by atoms with van der Waals surface area (Å²) in [6.07, 6.45) is 5.87. The topological polar surface area (TPSA) is 46.7 Å². The number of para-hydroxylation sites is 1. The monoisotopic (exact) mass is 714 g/mol. The minimum absolute atomic E-state index is 0. The fourth-order valence-electron chi connectivity index (χ4n) is 5.43. The fourth-order valence-corrected chi connectivity index (χ4v) is 5.43. The van der Waals surface area contributed by atoms with Crippen LogP contribution in [0, 0.1) is 25.7 Å². The van der Waals surface area contributed by atoms with Crippen LogP contribution >= 0.6 is 0 Å². The van der Waals surface area contributed by atoms with Crippen molar-refractivity contribution in [3.63, 3.8) is 0 Å². The van der Waals surface area contributed by atoms with Crippen molar-refractivity contribution in [1.82, 2.24) is 14.5 Å². The van der Waals surface area contributed by atoms with E-state index < -0.39 is 0 Å². The Kier molecular flexibility index (Phi) is 6.09. The Morgan fingerprint density at radius 2 is 1.68 bits per heavy atom. The van der Waals surface area contributed by atoms with Gasteiger partial charge in [0.25, 0.3) is 0 Å². The summed E-state index contributed by atoms with van der Waals surface area (Å²) in [5.41, 5.74) is 5.66. The van der Waals surface area contributed by atoms with E-state index in [2.05, 4.69) is 60.0 Å². The quantitative estimate of drug-likeness (QED) is 0.173. The second-order valence-electron chi connectivity index (χ2n) is 10.1. The van der Waals surface area contributed by atoms with Crippen LogP contribution in [0.3, 0.4) is 0 Å². The predicted octanol–water partition coefficient (Wildman–Crippen LogP) is 8.12. The van der Waals surface area contributed by atoms with Crippen molar-refractivity contribution in [2.75, 3.05) is 11.9 Å². The maximum absolute atomic E-state index is 6.28. The first kappa shape index (κ1) is 25.4. The van der Waals surface area contributed by atoms with Gasteiger partial charge in [0.05, 0.1) is 0 Å². The van der Waals surface area contributed by atoms with Gasteiger partial charge in [-0.25, -0.2) is 4.98 Å². The first-order chi connectivity index (χ1) is 19.6. The Morgan fingerprint density at radius 1 is 0.805 bits per heavy atom. The van der Waals surface area contributed by atoms with Gasteiger partial charge in [-0.15, -0.1) is 41.4 Å². The first-order valence-electron chi connectivity index (χ1n) is 13.1. The zero-order valence-corrected chi connectivity index (χ0v) is 24.5. The standard InChI is InChI=1S/C34H23N4O2.Pt/c1-22-10-13-32-28(16-22)29-20-35-34(19-33(29)40-32)38-30-9-4-3-8-26(30)27-12-11-25(18-31(27)38)39-24-7-5-6-23(17-24)37-15-14-36(2)21-37;/h3-16,19-21H,1-2H3;/q-3;. The van der Waals surface area contributed by atoms with E-state index in [0.717, 1.165) is 55.2 Å². The van der Waals surface area contributed by atoms with Crippen LogP contribution in [-0.2, 0) is 21.1 Å². The SMILES string of the molecule is Cc1ccc2oc3cc(-n4c5[c-]c(Oc6[c-]c(N7C=CN(C)[CH-]7)ccc6)ccc5c5ccccc54)ncc3c2c1.[Pt]. The number of benzene rings is 4. The fraction of sp³-hybridized carbons (Fsp3) is 0.0588. The van der Waals surface area contributed by atoms with Crippen molar-refractivity contribution in [2.45, 2.75) is 6.92 Å². The third-order valence-electron chi connectivity index (χ3n) is 7.30. The number of fused-ring (bicyclic) bond motifs is 6. The van der Waals surface area contributed by atoms with E-state index in [0.29, 0.717) is 11.5 Å². The van der Waals surface area contributed by atoms with Crippen molar-refractivity contribution in [3.05, 3.63) is 122 Å². The predicted molar refractivity (Wildman–Crippen MR) is 158 cm³/mol. The second kappa shape index (κ2) is 9.83. The van der Waals surface area contributed by atoms with Crippen LogP contribution in [-0.4, -0.2) is 21.5 Å². The van der Waals surface area contributed by atoms with Crippen LogP contribution in [0.25, 0.3) is 49.6 Å². The summed E-state index contributed by atoms with van der Waals surface area (Å²) in [5.74, 6) is 1.98. The van der Waals surface area contributed by atoms with E-state index in [1.54, 1.807) is 0 Å². The Bertz CT molecular complexity index is 2130. The van der Waals surface area contributed by atoms with Gasteiger partial charge in [-0.1, -0.05) is 35.3 Å². The van der Waals surface area contributed by atoms with Crippen LogP contribution in [0.15, 0.2) is 102 Å². The molecular formula is C34H23N4O2Pt-3. The van der Waals surface area contributed by atoms with Crippen molar-refractivity contribution < 1.29 is 30.2 Å². The van der Waals surface area contributed by atoms with Gasteiger partial charge < -0.3 is 23.5 Å². The molecule has 0 bridgehead atoms. The molecule has 4 heterocycles. The number of furan rings is 1. The molecule has 3 aromatic heterocycles. The number of nitrogens with zero attached hydrogens (tertiary/aromatic N) is 4. The normalized spacial score (nSPS) is 13.1. The van der Waals surface area contributed by atoms with Crippen LogP contribution in [0.2, 0.25) is 0 Å². The summed E-state index contributed by atoms with van der Waals surface area (Å²) in [7, 11) is 1.99. The minimum atomic E-state index is 0. The molecule has 7 aromatic rings. The molecule has 6 nitrogen and oxygen atoms in total. The Hall–Kier alpha value is -4.54. The smallest absolute Gasteiger partial charge is 0.140 e. The van der Waals surface area contributed by atoms with Crippen molar-refractivity contribution in [3.8, 4) is 17.3 Å². The first-order valence-corrected chi connectivity index (χ1v) is 13.1. The molecule has 0 saturated carbocycles. The maximum Gasteiger partial charge on any atom is 0.140 e. The molecule has 0 fully saturated rings. The van der Waals surface area contributed by atoms with Crippen LogP contribution in [0.5, 0.6) is 11.5 Å². The molecule has 204 valence electrons. The van der Waals surface area contributed by atoms with Crippen LogP contribution < -0.4 is 9.64 Å². The molecule has 41 heavy (non-hydrogen) atoms. The molecular weight excluding hydrogens is 691 g/mol. The summed E-state index contributed by atoms with van der Waals surface area (Å²) in [5, 5.41) is 4.27. The van der Waals surface area contributed by atoms with Crippen molar-refractivity contribution in [1.29, 1.82) is 0 Å². The zero-order chi connectivity index (χ0) is 26.8. The number of aromatic nitrogens is 2.